The number of aryl methyl sites for hydroxylation is 1. The van der Waals surface area contributed by atoms with E-state index >= 15 is 0 Å². The summed E-state index contributed by atoms with van der Waals surface area (Å²) in [5.74, 6) is -0.605. The van der Waals surface area contributed by atoms with Gasteiger partial charge in [0.1, 0.15) is 6.33 Å². The van der Waals surface area contributed by atoms with Crippen LogP contribution < -0.4 is 16.2 Å². The molecule has 0 unspecified atom stereocenters. The van der Waals surface area contributed by atoms with Gasteiger partial charge in [0.2, 0.25) is 11.6 Å². The molecule has 10 heteroatoms. The van der Waals surface area contributed by atoms with Crippen LogP contribution in [0.2, 0.25) is 0 Å². The van der Waals surface area contributed by atoms with Crippen LogP contribution in [0.25, 0.3) is 0 Å². The molecule has 1 aromatic carbocycles. The van der Waals surface area contributed by atoms with E-state index in [4.69, 9.17) is 0 Å². The number of carbonyl (C=O) groups is 1. The third kappa shape index (κ3) is 4.12. The largest absolute Gasteiger partial charge is 0.355 e. The smallest absolute Gasteiger partial charge is 0.334 e. The quantitative estimate of drug-likeness (QED) is 0.448. The summed E-state index contributed by atoms with van der Waals surface area (Å²) in [6, 6.07) is 10.3. The fraction of sp³-hybridized carbons (Fsp3) is 0.0588. The van der Waals surface area contributed by atoms with Crippen molar-refractivity contribution >= 4 is 28.9 Å². The van der Waals surface area contributed by atoms with Crippen LogP contribution in [0.15, 0.2) is 55.1 Å². The molecular weight excluding hydrogens is 350 g/mol. The zero-order chi connectivity index (χ0) is 19.2. The first-order valence-electron chi connectivity index (χ1n) is 7.84. The van der Waals surface area contributed by atoms with Crippen LogP contribution in [0.5, 0.6) is 0 Å². The number of nitro groups is 1. The summed E-state index contributed by atoms with van der Waals surface area (Å²) in [7, 11) is 0. The minimum absolute atomic E-state index is 0.0196. The summed E-state index contributed by atoms with van der Waals surface area (Å²) in [5.41, 5.74) is 6.30. The van der Waals surface area contributed by atoms with Crippen molar-refractivity contribution < 1.29 is 9.72 Å². The number of benzene rings is 1. The van der Waals surface area contributed by atoms with E-state index in [1.54, 1.807) is 37.3 Å². The van der Waals surface area contributed by atoms with Crippen LogP contribution in [0.1, 0.15) is 15.9 Å². The van der Waals surface area contributed by atoms with Crippen LogP contribution in [0.3, 0.4) is 0 Å². The molecule has 2 heterocycles. The second kappa shape index (κ2) is 7.87. The van der Waals surface area contributed by atoms with Gasteiger partial charge in [-0.15, -0.1) is 0 Å². The van der Waals surface area contributed by atoms with E-state index < -0.39 is 16.5 Å². The number of rotatable bonds is 6. The van der Waals surface area contributed by atoms with Crippen LogP contribution in [0.4, 0.5) is 23.0 Å². The van der Waals surface area contributed by atoms with Gasteiger partial charge < -0.3 is 5.32 Å². The zero-order valence-corrected chi connectivity index (χ0v) is 14.2. The molecule has 3 aromatic rings. The molecule has 136 valence electrons. The molecular formula is C17H15N7O3. The van der Waals surface area contributed by atoms with Crippen LogP contribution >= 0.6 is 0 Å². The Morgan fingerprint density at radius 3 is 2.48 bits per heavy atom. The lowest BCUT2D eigenvalue weighted by Gasteiger charge is -2.11. The number of anilines is 3. The Kier molecular flexibility index (Phi) is 5.17. The minimum atomic E-state index is -0.633. The summed E-state index contributed by atoms with van der Waals surface area (Å²) in [5, 5.41) is 14.4. The van der Waals surface area contributed by atoms with Gasteiger partial charge in [-0.1, -0.05) is 18.2 Å². The summed E-state index contributed by atoms with van der Waals surface area (Å²) in [6.07, 6.45) is 4.23. The molecule has 0 radical (unpaired) electrons. The predicted octanol–water partition coefficient (Wildman–Crippen LogP) is 2.59. The van der Waals surface area contributed by atoms with E-state index in [2.05, 4.69) is 31.1 Å². The summed E-state index contributed by atoms with van der Waals surface area (Å²) < 4.78 is 0. The Morgan fingerprint density at radius 1 is 1.07 bits per heavy atom. The van der Waals surface area contributed by atoms with E-state index in [9.17, 15) is 14.9 Å². The second-order valence-corrected chi connectivity index (χ2v) is 5.43. The van der Waals surface area contributed by atoms with Gasteiger partial charge in [-0.25, -0.2) is 9.97 Å². The summed E-state index contributed by atoms with van der Waals surface area (Å²) in [4.78, 5) is 34.8. The highest BCUT2D eigenvalue weighted by molar-refractivity contribution is 5.96. The van der Waals surface area contributed by atoms with Crippen LogP contribution in [0, 0.1) is 17.0 Å². The standard InChI is InChI=1S/C17H15N7O3/c1-11-4-2-3-5-13(11)17(25)23-22-16-14(24(26)27)15(19-10-20-16)21-12-6-8-18-9-7-12/h2-10H,1H3,(H,23,25)(H2,18,19,20,21,22). The van der Waals surface area contributed by atoms with Gasteiger partial charge in [-0.2, -0.15) is 0 Å². The molecule has 0 bridgehead atoms. The normalized spacial score (nSPS) is 10.1. The van der Waals surface area contributed by atoms with Crippen molar-refractivity contribution in [2.24, 2.45) is 0 Å². The van der Waals surface area contributed by atoms with Crippen molar-refractivity contribution in [3.05, 3.63) is 76.4 Å². The monoisotopic (exact) mass is 365 g/mol. The molecule has 27 heavy (non-hydrogen) atoms. The third-order valence-electron chi connectivity index (χ3n) is 3.63. The predicted molar refractivity (Wildman–Crippen MR) is 98.5 cm³/mol. The number of nitrogens with one attached hydrogen (secondary N) is 3. The van der Waals surface area contributed by atoms with Crippen LogP contribution in [-0.4, -0.2) is 25.8 Å². The number of hydrogen-bond donors (Lipinski definition) is 3. The van der Waals surface area contributed by atoms with Crippen molar-refractivity contribution in [1.29, 1.82) is 0 Å². The Morgan fingerprint density at radius 2 is 1.78 bits per heavy atom. The highest BCUT2D eigenvalue weighted by Crippen LogP contribution is 2.30. The van der Waals surface area contributed by atoms with Gasteiger partial charge in [-0.05, 0) is 30.7 Å². The molecule has 0 spiro atoms. The number of nitrogens with zero attached hydrogens (tertiary/aromatic N) is 4. The number of aromatic nitrogens is 3. The van der Waals surface area contributed by atoms with Crippen molar-refractivity contribution in [1.82, 2.24) is 20.4 Å². The lowest BCUT2D eigenvalue weighted by atomic mass is 10.1. The molecule has 0 aliphatic carbocycles. The Hall–Kier alpha value is -4.08. The average molecular weight is 365 g/mol. The molecule has 0 fully saturated rings. The van der Waals surface area contributed by atoms with E-state index in [1.165, 1.54) is 12.4 Å². The first kappa shape index (κ1) is 17.7. The topological polar surface area (TPSA) is 135 Å². The van der Waals surface area contributed by atoms with Gasteiger partial charge in [0, 0.05) is 23.6 Å². The molecule has 0 saturated heterocycles. The van der Waals surface area contributed by atoms with Gasteiger partial charge in [0.25, 0.3) is 5.91 Å². The maximum absolute atomic E-state index is 12.3. The highest BCUT2D eigenvalue weighted by Gasteiger charge is 2.23. The molecule has 0 aliphatic heterocycles. The maximum atomic E-state index is 12.3. The zero-order valence-electron chi connectivity index (χ0n) is 14.2. The van der Waals surface area contributed by atoms with E-state index in [1.807, 2.05) is 6.07 Å². The van der Waals surface area contributed by atoms with Crippen LogP contribution in [-0.2, 0) is 0 Å². The maximum Gasteiger partial charge on any atom is 0.355 e. The molecule has 1 amide bonds. The molecule has 2 aromatic heterocycles. The van der Waals surface area contributed by atoms with Gasteiger partial charge in [-0.3, -0.25) is 30.7 Å². The van der Waals surface area contributed by atoms with Crippen molar-refractivity contribution in [3.8, 4) is 0 Å². The summed E-state index contributed by atoms with van der Waals surface area (Å²) >= 11 is 0. The first-order valence-corrected chi connectivity index (χ1v) is 7.84. The number of hydrazine groups is 1. The molecule has 3 N–H and O–H groups in total. The lowest BCUT2D eigenvalue weighted by Crippen LogP contribution is -2.30. The van der Waals surface area contributed by atoms with Gasteiger partial charge in [0.15, 0.2) is 0 Å². The van der Waals surface area contributed by atoms with Crippen molar-refractivity contribution in [2.45, 2.75) is 6.92 Å². The summed E-state index contributed by atoms with van der Waals surface area (Å²) in [6.45, 7) is 1.79. The lowest BCUT2D eigenvalue weighted by molar-refractivity contribution is -0.383. The molecule has 0 aliphatic rings. The molecule has 0 saturated carbocycles. The fourth-order valence-corrected chi connectivity index (χ4v) is 2.32. The minimum Gasteiger partial charge on any atom is -0.334 e. The Balaban J connectivity index is 1.83. The SMILES string of the molecule is Cc1ccccc1C(=O)NNc1ncnc(Nc2ccncc2)c1[N+](=O)[O-]. The second-order valence-electron chi connectivity index (χ2n) is 5.43. The van der Waals surface area contributed by atoms with E-state index in [0.717, 1.165) is 11.9 Å². The van der Waals surface area contributed by atoms with Crippen molar-refractivity contribution in [3.63, 3.8) is 0 Å². The van der Waals surface area contributed by atoms with E-state index in [0.29, 0.717) is 11.3 Å². The van der Waals surface area contributed by atoms with Gasteiger partial charge in [0.05, 0.1) is 4.92 Å². The van der Waals surface area contributed by atoms with E-state index in [-0.39, 0.29) is 11.6 Å². The fourth-order valence-electron chi connectivity index (χ4n) is 2.32. The molecule has 0 atom stereocenters. The third-order valence-corrected chi connectivity index (χ3v) is 3.63. The number of amides is 1. The van der Waals surface area contributed by atoms with Crippen molar-refractivity contribution in [2.75, 3.05) is 10.7 Å². The first-order chi connectivity index (χ1) is 13.1. The van der Waals surface area contributed by atoms with Gasteiger partial charge >= 0.3 is 5.69 Å². The Labute approximate surface area is 153 Å². The molecule has 3 rings (SSSR count). The highest BCUT2D eigenvalue weighted by atomic mass is 16.6. The number of carbonyl (C=O) groups excluding carboxylic acids is 1. The molecule has 10 nitrogen and oxygen atoms in total. The number of pyridine rings is 1. The Bertz CT molecular complexity index is 979. The number of hydrogen-bond acceptors (Lipinski definition) is 8. The average Bonchev–Trinajstić information content (AvgIpc) is 2.67.